The van der Waals surface area contributed by atoms with Crippen molar-refractivity contribution in [3.8, 4) is 5.75 Å². The van der Waals surface area contributed by atoms with Crippen LogP contribution >= 0.6 is 22.6 Å². The Balaban J connectivity index is 1.88. The summed E-state index contributed by atoms with van der Waals surface area (Å²) in [5.41, 5.74) is 6.98. The highest BCUT2D eigenvalue weighted by atomic mass is 127. The predicted molar refractivity (Wildman–Crippen MR) is 101 cm³/mol. The molecule has 2 aromatic rings. The van der Waals surface area contributed by atoms with Gasteiger partial charge in [-0.1, -0.05) is 12.1 Å². The van der Waals surface area contributed by atoms with Crippen LogP contribution in [0, 0.1) is 9.39 Å². The summed E-state index contributed by atoms with van der Waals surface area (Å²) in [4.78, 5) is 10.7. The number of nitrogens with two attached hydrogens (primary N) is 1. The van der Waals surface area contributed by atoms with E-state index in [0.29, 0.717) is 19.6 Å². The molecule has 0 aromatic heterocycles. The number of carbonyl (C=O) groups excluding carboxylic acids is 1. The molecule has 0 heterocycles. The maximum Gasteiger partial charge on any atom is 0.221 e. The number of nitrogens with one attached hydrogen (secondary N) is 1. The molecule has 25 heavy (non-hydrogen) atoms. The van der Waals surface area contributed by atoms with Crippen molar-refractivity contribution in [3.05, 3.63) is 63.0 Å². The zero-order chi connectivity index (χ0) is 18.2. The second kappa shape index (κ2) is 9.69. The maximum absolute atomic E-state index is 12.9. The van der Waals surface area contributed by atoms with E-state index in [1.165, 1.54) is 12.1 Å². The Bertz CT molecular complexity index is 710. The number of carbonyl (C=O) groups is 1. The van der Waals surface area contributed by atoms with E-state index in [2.05, 4.69) is 27.9 Å². The van der Waals surface area contributed by atoms with Crippen molar-refractivity contribution < 1.29 is 19.0 Å². The number of hydrogen-bond acceptors (Lipinski definition) is 4. The van der Waals surface area contributed by atoms with E-state index in [-0.39, 0.29) is 12.2 Å². The van der Waals surface area contributed by atoms with Crippen molar-refractivity contribution in [1.29, 1.82) is 0 Å². The second-order valence-electron chi connectivity index (χ2n) is 5.56. The maximum atomic E-state index is 12.9. The zero-order valence-electron chi connectivity index (χ0n) is 13.5. The Morgan fingerprint density at radius 3 is 2.68 bits per heavy atom. The van der Waals surface area contributed by atoms with Crippen LogP contribution < -0.4 is 15.8 Å². The van der Waals surface area contributed by atoms with Gasteiger partial charge in [0.1, 0.15) is 24.4 Å². The first-order chi connectivity index (χ1) is 11.9. The van der Waals surface area contributed by atoms with Crippen LogP contribution in [0.15, 0.2) is 42.5 Å². The minimum atomic E-state index is -0.937. The smallest absolute Gasteiger partial charge is 0.221 e. The molecule has 0 bridgehead atoms. The number of halogens is 2. The highest BCUT2D eigenvalue weighted by Crippen LogP contribution is 2.21. The molecule has 0 aliphatic carbocycles. The molecule has 2 rings (SSSR count). The molecule has 4 N–H and O–H groups in total. The normalized spacial score (nSPS) is 12.0. The van der Waals surface area contributed by atoms with Crippen LogP contribution in [0.2, 0.25) is 0 Å². The predicted octanol–water partition coefficient (Wildman–Crippen LogP) is 2.34. The average Bonchev–Trinajstić information content (AvgIpc) is 2.56. The van der Waals surface area contributed by atoms with E-state index in [1.54, 1.807) is 12.1 Å². The highest BCUT2D eigenvalue weighted by molar-refractivity contribution is 14.1. The van der Waals surface area contributed by atoms with E-state index < -0.39 is 12.1 Å². The van der Waals surface area contributed by atoms with Crippen molar-refractivity contribution in [1.82, 2.24) is 5.32 Å². The monoisotopic (exact) mass is 458 g/mol. The first-order valence-electron chi connectivity index (χ1n) is 7.79. The number of amides is 1. The molecule has 0 spiro atoms. The first kappa shape index (κ1) is 19.6. The number of hydrogen-bond donors (Lipinski definition) is 3. The molecule has 0 saturated carbocycles. The lowest BCUT2D eigenvalue weighted by Crippen LogP contribution is -2.34. The molecule has 0 aliphatic rings. The summed E-state index contributed by atoms with van der Waals surface area (Å²) in [6.45, 7) is 0.863. The molecule has 134 valence electrons. The lowest BCUT2D eigenvalue weighted by Gasteiger charge is -2.13. The summed E-state index contributed by atoms with van der Waals surface area (Å²) >= 11 is 2.24. The summed E-state index contributed by atoms with van der Waals surface area (Å²) in [5.74, 6) is -0.102. The zero-order valence-corrected chi connectivity index (χ0v) is 15.7. The summed E-state index contributed by atoms with van der Waals surface area (Å²) in [7, 11) is 0. The molecule has 0 fully saturated rings. The molecule has 2 aromatic carbocycles. The lowest BCUT2D eigenvalue weighted by atomic mass is 10.1. The van der Waals surface area contributed by atoms with Crippen LogP contribution in [-0.4, -0.2) is 23.8 Å². The standard InChI is InChI=1S/C18H20FIN2O3/c19-14-3-1-12(2-4-14)11-25-15-5-6-16(20)13(9-15)7-8-22-18(24)10-17(21)23/h1-6,9,18,22,24H,7-8,10-11H2,(H2,21,23)/t18-/m0/s1. The fourth-order valence-electron chi connectivity index (χ4n) is 2.22. The molecule has 7 heteroatoms. The van der Waals surface area contributed by atoms with Gasteiger partial charge in [0, 0.05) is 10.1 Å². The van der Waals surface area contributed by atoms with Gasteiger partial charge in [-0.25, -0.2) is 4.39 Å². The highest BCUT2D eigenvalue weighted by Gasteiger charge is 2.08. The van der Waals surface area contributed by atoms with Crippen LogP contribution in [0.5, 0.6) is 5.75 Å². The van der Waals surface area contributed by atoms with Crippen LogP contribution in [0.1, 0.15) is 17.5 Å². The summed E-state index contributed by atoms with van der Waals surface area (Å²) < 4.78 is 19.7. The number of rotatable bonds is 9. The number of primary amides is 1. The molecule has 0 unspecified atom stereocenters. The third kappa shape index (κ3) is 6.97. The summed E-state index contributed by atoms with van der Waals surface area (Å²) in [6, 6.07) is 12.0. The van der Waals surface area contributed by atoms with E-state index in [4.69, 9.17) is 10.5 Å². The van der Waals surface area contributed by atoms with Crippen molar-refractivity contribution in [2.75, 3.05) is 6.54 Å². The van der Waals surface area contributed by atoms with Gasteiger partial charge < -0.3 is 15.6 Å². The molecule has 1 atom stereocenters. The number of benzene rings is 2. The molecule has 0 aliphatic heterocycles. The fraction of sp³-hybridized carbons (Fsp3) is 0.278. The Hall–Kier alpha value is -1.71. The van der Waals surface area contributed by atoms with Gasteiger partial charge in [-0.15, -0.1) is 0 Å². The Kier molecular flexibility index (Phi) is 7.60. The van der Waals surface area contributed by atoms with Gasteiger partial charge in [-0.3, -0.25) is 10.1 Å². The van der Waals surface area contributed by atoms with Gasteiger partial charge in [0.2, 0.25) is 5.91 Å². The average molecular weight is 458 g/mol. The molecule has 0 radical (unpaired) electrons. The van der Waals surface area contributed by atoms with Crippen LogP contribution in [0.3, 0.4) is 0 Å². The van der Waals surface area contributed by atoms with Crippen LogP contribution in [0.4, 0.5) is 4.39 Å². The molecule has 0 saturated heterocycles. The van der Waals surface area contributed by atoms with E-state index in [1.807, 2.05) is 18.2 Å². The van der Waals surface area contributed by atoms with Gasteiger partial charge >= 0.3 is 0 Å². The van der Waals surface area contributed by atoms with Crippen molar-refractivity contribution in [2.45, 2.75) is 25.7 Å². The van der Waals surface area contributed by atoms with E-state index in [9.17, 15) is 14.3 Å². The van der Waals surface area contributed by atoms with E-state index >= 15 is 0 Å². The Morgan fingerprint density at radius 1 is 1.28 bits per heavy atom. The van der Waals surface area contributed by atoms with Crippen LogP contribution in [-0.2, 0) is 17.8 Å². The molecule has 1 amide bonds. The van der Waals surface area contributed by atoms with Crippen LogP contribution in [0.25, 0.3) is 0 Å². The third-order valence-corrected chi connectivity index (χ3v) is 4.56. The number of ether oxygens (including phenoxy) is 1. The largest absolute Gasteiger partial charge is 0.489 e. The van der Waals surface area contributed by atoms with Crippen molar-refractivity contribution in [2.24, 2.45) is 5.73 Å². The van der Waals surface area contributed by atoms with Gasteiger partial charge in [-0.2, -0.15) is 0 Å². The van der Waals surface area contributed by atoms with E-state index in [0.717, 1.165) is 20.4 Å². The Morgan fingerprint density at radius 2 is 2.00 bits per heavy atom. The van der Waals surface area contributed by atoms with Gasteiger partial charge in [-0.05, 0) is 70.5 Å². The summed E-state index contributed by atoms with van der Waals surface area (Å²) in [6.07, 6.45) is -0.382. The molecular weight excluding hydrogens is 438 g/mol. The quantitative estimate of drug-likeness (QED) is 0.398. The summed E-state index contributed by atoms with van der Waals surface area (Å²) in [5, 5.41) is 12.4. The minimum absolute atomic E-state index is 0.113. The Labute approximate surface area is 159 Å². The minimum Gasteiger partial charge on any atom is -0.489 e. The number of aliphatic hydroxyl groups is 1. The van der Waals surface area contributed by atoms with Crippen molar-refractivity contribution >= 4 is 28.5 Å². The van der Waals surface area contributed by atoms with Gasteiger partial charge in [0.25, 0.3) is 0 Å². The second-order valence-corrected chi connectivity index (χ2v) is 6.72. The third-order valence-electron chi connectivity index (χ3n) is 3.50. The topological polar surface area (TPSA) is 84.6 Å². The fourth-order valence-corrected chi connectivity index (χ4v) is 2.82. The molecule has 5 nitrogen and oxygen atoms in total. The SMILES string of the molecule is NC(=O)C[C@H](O)NCCc1cc(OCc2ccc(F)cc2)ccc1I. The number of aliphatic hydroxyl groups excluding tert-OH is 1. The van der Waals surface area contributed by atoms with Gasteiger partial charge in [0.05, 0.1) is 6.42 Å². The first-order valence-corrected chi connectivity index (χ1v) is 8.87. The lowest BCUT2D eigenvalue weighted by molar-refractivity contribution is -0.120. The van der Waals surface area contributed by atoms with Gasteiger partial charge in [0.15, 0.2) is 0 Å². The molecular formula is C18H20FIN2O3. The van der Waals surface area contributed by atoms with Crippen molar-refractivity contribution in [3.63, 3.8) is 0 Å².